The second kappa shape index (κ2) is 7.70. The van der Waals surface area contributed by atoms with Crippen LogP contribution in [0.4, 0.5) is 0 Å². The van der Waals surface area contributed by atoms with Crippen molar-refractivity contribution in [3.8, 4) is 11.5 Å². The molecule has 1 aromatic carbocycles. The molecule has 1 atom stereocenters. The van der Waals surface area contributed by atoms with Crippen LogP contribution in [0.25, 0.3) is 0 Å². The predicted octanol–water partition coefficient (Wildman–Crippen LogP) is 5.84. The van der Waals surface area contributed by atoms with Crippen molar-refractivity contribution in [1.29, 1.82) is 0 Å². The summed E-state index contributed by atoms with van der Waals surface area (Å²) in [6.45, 7) is 13.3. The summed E-state index contributed by atoms with van der Waals surface area (Å²) in [6.07, 6.45) is 2.60. The van der Waals surface area contributed by atoms with E-state index in [9.17, 15) is 0 Å². The van der Waals surface area contributed by atoms with E-state index >= 15 is 0 Å². The summed E-state index contributed by atoms with van der Waals surface area (Å²) < 4.78 is 18.1. The highest BCUT2D eigenvalue weighted by molar-refractivity contribution is 7.09. The second-order valence-corrected chi connectivity index (χ2v) is 13.6. The van der Waals surface area contributed by atoms with Crippen LogP contribution in [0.2, 0.25) is 18.1 Å². The summed E-state index contributed by atoms with van der Waals surface area (Å²) in [5, 5.41) is 3.05. The summed E-state index contributed by atoms with van der Waals surface area (Å²) >= 11 is 1.60. The molecule has 0 fully saturated rings. The molecule has 26 heavy (non-hydrogen) atoms. The third kappa shape index (κ3) is 3.82. The molecule has 1 unspecified atom stereocenters. The highest BCUT2D eigenvalue weighted by Gasteiger charge is 2.40. The molecule has 0 spiro atoms. The Bertz CT molecular complexity index is 719. The van der Waals surface area contributed by atoms with Crippen LogP contribution >= 0.6 is 11.3 Å². The molecule has 6 heteroatoms. The molecule has 0 bridgehead atoms. The topological polar surface area (TPSA) is 40.6 Å². The van der Waals surface area contributed by atoms with Crippen LogP contribution in [0.15, 0.2) is 29.8 Å². The number of methoxy groups -OCH3 is 2. The second-order valence-electron chi connectivity index (χ2n) is 7.95. The van der Waals surface area contributed by atoms with E-state index in [4.69, 9.17) is 13.9 Å². The Hall–Kier alpha value is -1.37. The molecule has 4 nitrogen and oxygen atoms in total. The van der Waals surface area contributed by atoms with Crippen LogP contribution in [0.5, 0.6) is 11.5 Å². The molecule has 0 radical (unpaired) electrons. The Morgan fingerprint density at radius 3 is 2.27 bits per heavy atom. The van der Waals surface area contributed by atoms with Gasteiger partial charge in [-0.1, -0.05) is 33.8 Å². The van der Waals surface area contributed by atoms with Crippen molar-refractivity contribution in [2.75, 3.05) is 14.2 Å². The molecule has 0 amide bonds. The number of hydrogen-bond donors (Lipinski definition) is 0. The molecule has 144 valence electrons. The molecule has 0 aliphatic heterocycles. The lowest BCUT2D eigenvalue weighted by atomic mass is 9.91. The van der Waals surface area contributed by atoms with Gasteiger partial charge in [0.1, 0.15) is 16.4 Å². The van der Waals surface area contributed by atoms with Gasteiger partial charge in [-0.3, -0.25) is 0 Å². The van der Waals surface area contributed by atoms with Crippen LogP contribution in [0.1, 0.15) is 44.7 Å². The Labute approximate surface area is 162 Å². The minimum atomic E-state index is -1.95. The van der Waals surface area contributed by atoms with E-state index < -0.39 is 13.9 Å². The van der Waals surface area contributed by atoms with E-state index in [2.05, 4.69) is 51.8 Å². The Morgan fingerprint density at radius 1 is 1.12 bits per heavy atom. The zero-order chi connectivity index (χ0) is 19.6. The minimum absolute atomic E-state index is 0.122. The van der Waals surface area contributed by atoms with Gasteiger partial charge in [-0.25, -0.2) is 4.98 Å². The fraction of sp³-hybridized carbons (Fsp3) is 0.550. The first-order chi connectivity index (χ1) is 12.1. The maximum absolute atomic E-state index is 6.47. The number of hydrogen-bond acceptors (Lipinski definition) is 5. The van der Waals surface area contributed by atoms with Crippen LogP contribution < -0.4 is 9.16 Å². The molecule has 2 aromatic rings. The summed E-state index contributed by atoms with van der Waals surface area (Å²) in [5.41, 5.74) is 0.452. The van der Waals surface area contributed by atoms with E-state index in [1.807, 2.05) is 23.7 Å². The standard InChI is InChI=1S/C20H31NO3SSi/c1-9-20(23-6,18-21-12-13-25-18)15-10-11-16(17(14-15)22-5)24-26(7,8)19(2,3)4/h10-14H,9H2,1-8H3. The van der Waals surface area contributed by atoms with Crippen LogP contribution in [0.3, 0.4) is 0 Å². The van der Waals surface area contributed by atoms with E-state index in [1.54, 1.807) is 25.6 Å². The summed E-state index contributed by atoms with van der Waals surface area (Å²) in [7, 11) is 1.47. The van der Waals surface area contributed by atoms with Crippen LogP contribution in [0, 0.1) is 0 Å². The first-order valence-corrected chi connectivity index (χ1v) is 12.7. The SMILES string of the molecule is CCC(OC)(c1ccc(O[Si](C)(C)C(C)(C)C)c(OC)c1)c1nccs1. The van der Waals surface area contributed by atoms with Gasteiger partial charge >= 0.3 is 0 Å². The van der Waals surface area contributed by atoms with E-state index in [1.165, 1.54) is 0 Å². The van der Waals surface area contributed by atoms with Crippen molar-refractivity contribution in [2.45, 2.75) is 57.8 Å². The highest BCUT2D eigenvalue weighted by atomic mass is 32.1. The van der Waals surface area contributed by atoms with Gasteiger partial charge in [-0.15, -0.1) is 11.3 Å². The molecule has 1 aromatic heterocycles. The van der Waals surface area contributed by atoms with Crippen LogP contribution in [-0.4, -0.2) is 27.5 Å². The Kier molecular flexibility index (Phi) is 6.20. The molecule has 2 rings (SSSR count). The van der Waals surface area contributed by atoms with Crippen molar-refractivity contribution in [2.24, 2.45) is 0 Å². The minimum Gasteiger partial charge on any atom is -0.541 e. The number of ether oxygens (including phenoxy) is 2. The fourth-order valence-corrected chi connectivity index (χ4v) is 4.62. The van der Waals surface area contributed by atoms with Gasteiger partial charge in [-0.05, 0) is 42.2 Å². The molecular formula is C20H31NO3SSi. The van der Waals surface area contributed by atoms with Gasteiger partial charge in [0.2, 0.25) is 0 Å². The quantitative estimate of drug-likeness (QED) is 0.554. The van der Waals surface area contributed by atoms with Crippen LogP contribution in [-0.2, 0) is 10.3 Å². The van der Waals surface area contributed by atoms with Gasteiger partial charge < -0.3 is 13.9 Å². The zero-order valence-electron chi connectivity index (χ0n) is 17.2. The lowest BCUT2D eigenvalue weighted by molar-refractivity contribution is 0.0182. The number of rotatable bonds is 7. The van der Waals surface area contributed by atoms with E-state index in [0.717, 1.165) is 28.5 Å². The Morgan fingerprint density at radius 2 is 1.81 bits per heavy atom. The number of benzene rings is 1. The zero-order valence-corrected chi connectivity index (χ0v) is 19.0. The average Bonchev–Trinajstić information content (AvgIpc) is 3.11. The van der Waals surface area contributed by atoms with Crippen molar-refractivity contribution < 1.29 is 13.9 Å². The Balaban J connectivity index is 2.48. The van der Waals surface area contributed by atoms with Gasteiger partial charge in [0, 0.05) is 18.7 Å². The maximum Gasteiger partial charge on any atom is 0.250 e. The monoisotopic (exact) mass is 393 g/mol. The number of aromatic nitrogens is 1. The van der Waals surface area contributed by atoms with Crippen molar-refractivity contribution in [3.63, 3.8) is 0 Å². The predicted molar refractivity (Wildman–Crippen MR) is 111 cm³/mol. The van der Waals surface area contributed by atoms with Crippen molar-refractivity contribution in [1.82, 2.24) is 4.98 Å². The number of nitrogens with zero attached hydrogens (tertiary/aromatic N) is 1. The molecule has 0 aliphatic carbocycles. The summed E-state index contributed by atoms with van der Waals surface area (Å²) in [6, 6.07) is 6.10. The van der Waals surface area contributed by atoms with Gasteiger partial charge in [0.05, 0.1) is 7.11 Å². The van der Waals surface area contributed by atoms with E-state index in [0.29, 0.717) is 0 Å². The van der Waals surface area contributed by atoms with Crippen molar-refractivity contribution >= 4 is 19.7 Å². The van der Waals surface area contributed by atoms with E-state index in [-0.39, 0.29) is 5.04 Å². The molecular weight excluding hydrogens is 362 g/mol. The highest BCUT2D eigenvalue weighted by Crippen LogP contribution is 2.43. The van der Waals surface area contributed by atoms with Gasteiger partial charge in [0.15, 0.2) is 5.75 Å². The molecule has 1 heterocycles. The van der Waals surface area contributed by atoms with Crippen molar-refractivity contribution in [3.05, 3.63) is 40.3 Å². The normalized spacial score (nSPS) is 14.8. The summed E-state index contributed by atoms with van der Waals surface area (Å²) in [4.78, 5) is 4.50. The lowest BCUT2D eigenvalue weighted by Crippen LogP contribution is -2.44. The largest absolute Gasteiger partial charge is 0.541 e. The smallest absolute Gasteiger partial charge is 0.250 e. The lowest BCUT2D eigenvalue weighted by Gasteiger charge is -2.37. The third-order valence-corrected chi connectivity index (χ3v) is 10.7. The van der Waals surface area contributed by atoms with Gasteiger partial charge in [-0.2, -0.15) is 0 Å². The maximum atomic E-state index is 6.47. The average molecular weight is 394 g/mol. The first kappa shape index (κ1) is 20.9. The fourth-order valence-electron chi connectivity index (χ4n) is 2.68. The molecule has 0 aliphatic rings. The summed E-state index contributed by atoms with van der Waals surface area (Å²) in [5.74, 6) is 1.53. The molecule has 0 saturated carbocycles. The third-order valence-electron chi connectivity index (χ3n) is 5.43. The first-order valence-electron chi connectivity index (χ1n) is 8.94. The molecule has 0 saturated heterocycles. The number of thiazole rings is 1. The van der Waals surface area contributed by atoms with Gasteiger partial charge in [0.25, 0.3) is 8.32 Å². The molecule has 0 N–H and O–H groups in total.